The van der Waals surface area contributed by atoms with Crippen molar-refractivity contribution < 1.29 is 4.39 Å². The number of hydrogen-bond acceptors (Lipinski definition) is 2. The molecule has 0 radical (unpaired) electrons. The van der Waals surface area contributed by atoms with Gasteiger partial charge in [0.15, 0.2) is 0 Å². The van der Waals surface area contributed by atoms with E-state index in [2.05, 4.69) is 30.9 Å². The number of nitrogens with zero attached hydrogens (tertiary/aromatic N) is 1. The van der Waals surface area contributed by atoms with Crippen LogP contribution in [-0.4, -0.2) is 15.0 Å². The maximum Gasteiger partial charge on any atom is 0.248 e. The Kier molecular flexibility index (Phi) is 4.68. The van der Waals surface area contributed by atoms with Crippen LogP contribution in [0.3, 0.4) is 0 Å². The van der Waals surface area contributed by atoms with E-state index in [1.165, 1.54) is 18.2 Å². The van der Waals surface area contributed by atoms with Crippen molar-refractivity contribution in [2.75, 3.05) is 0 Å². The van der Waals surface area contributed by atoms with Crippen LogP contribution in [0.2, 0.25) is 5.02 Å². The second kappa shape index (κ2) is 7.13. The van der Waals surface area contributed by atoms with E-state index in [0.29, 0.717) is 22.8 Å². The van der Waals surface area contributed by atoms with Gasteiger partial charge >= 0.3 is 0 Å². The van der Waals surface area contributed by atoms with Crippen molar-refractivity contribution in [1.82, 2.24) is 15.0 Å². The van der Waals surface area contributed by atoms with Crippen LogP contribution < -0.4 is 5.56 Å². The average Bonchev–Trinajstić information content (AvgIpc) is 3.07. The first-order valence-electron chi connectivity index (χ1n) is 8.02. The first-order chi connectivity index (χ1) is 13.0. The molecule has 0 saturated heterocycles. The van der Waals surface area contributed by atoms with Gasteiger partial charge in [0.1, 0.15) is 11.6 Å². The fraction of sp³-hybridized carbons (Fsp3) is 0. The lowest BCUT2D eigenvalue weighted by atomic mass is 10.1. The van der Waals surface area contributed by atoms with E-state index >= 15 is 0 Å². The maximum absolute atomic E-state index is 14.4. The Morgan fingerprint density at radius 2 is 1.81 bits per heavy atom. The molecular weight excluding hydrogens is 433 g/mol. The van der Waals surface area contributed by atoms with Crippen molar-refractivity contribution in [2.24, 2.45) is 0 Å². The van der Waals surface area contributed by atoms with E-state index in [1.807, 2.05) is 24.3 Å². The van der Waals surface area contributed by atoms with Crippen LogP contribution in [0.15, 0.2) is 70.1 Å². The molecule has 134 valence electrons. The zero-order valence-electron chi connectivity index (χ0n) is 13.8. The normalized spacial score (nSPS) is 10.9. The zero-order chi connectivity index (χ0) is 19.0. The summed E-state index contributed by atoms with van der Waals surface area (Å²) in [6.07, 6.45) is 1.56. The number of benzene rings is 2. The Morgan fingerprint density at radius 1 is 1.04 bits per heavy atom. The molecule has 0 atom stereocenters. The van der Waals surface area contributed by atoms with Crippen molar-refractivity contribution >= 4 is 27.5 Å². The molecule has 0 unspecified atom stereocenters. The van der Waals surface area contributed by atoms with Gasteiger partial charge < -0.3 is 9.97 Å². The molecule has 7 heteroatoms. The third kappa shape index (κ3) is 3.46. The van der Waals surface area contributed by atoms with Gasteiger partial charge in [0.05, 0.1) is 22.0 Å². The van der Waals surface area contributed by atoms with Crippen LogP contribution in [-0.2, 0) is 0 Å². The molecule has 4 nitrogen and oxygen atoms in total. The molecule has 0 bridgehead atoms. The standard InChI is InChI=1S/C20H12BrClFN3O/c21-13-6-4-11(5-7-13)18-19(12-8-9-24-16(27)10-12)26-20(25-18)17-14(22)2-1-3-15(17)23/h1-10H,(H,24,27)(H,25,26). The van der Waals surface area contributed by atoms with Gasteiger partial charge in [-0.05, 0) is 30.3 Å². The number of imidazole rings is 1. The summed E-state index contributed by atoms with van der Waals surface area (Å²) in [5, 5.41) is 0.253. The number of aromatic amines is 2. The predicted molar refractivity (Wildman–Crippen MR) is 108 cm³/mol. The highest BCUT2D eigenvalue weighted by Gasteiger charge is 2.19. The number of halogens is 3. The van der Waals surface area contributed by atoms with Crippen LogP contribution in [0.5, 0.6) is 0 Å². The Balaban J connectivity index is 1.97. The summed E-state index contributed by atoms with van der Waals surface area (Å²) < 4.78 is 15.3. The highest BCUT2D eigenvalue weighted by Crippen LogP contribution is 2.36. The van der Waals surface area contributed by atoms with Gasteiger partial charge in [-0.2, -0.15) is 0 Å². The molecule has 0 amide bonds. The lowest BCUT2D eigenvalue weighted by Gasteiger charge is -2.03. The molecule has 2 aromatic carbocycles. The molecule has 0 aliphatic carbocycles. The summed E-state index contributed by atoms with van der Waals surface area (Å²) >= 11 is 9.61. The summed E-state index contributed by atoms with van der Waals surface area (Å²) in [5.74, 6) is -0.178. The molecule has 2 heterocycles. The molecular formula is C20H12BrClFN3O. The zero-order valence-corrected chi connectivity index (χ0v) is 16.1. The van der Waals surface area contributed by atoms with E-state index in [4.69, 9.17) is 11.6 Å². The van der Waals surface area contributed by atoms with E-state index in [0.717, 1.165) is 10.0 Å². The summed E-state index contributed by atoms with van der Waals surface area (Å²) in [6, 6.07) is 15.3. The summed E-state index contributed by atoms with van der Waals surface area (Å²) in [7, 11) is 0. The molecule has 0 aliphatic rings. The molecule has 0 aliphatic heterocycles. The minimum Gasteiger partial charge on any atom is -0.337 e. The molecule has 0 spiro atoms. The second-order valence-corrected chi connectivity index (χ2v) is 7.18. The highest BCUT2D eigenvalue weighted by atomic mass is 79.9. The summed E-state index contributed by atoms with van der Waals surface area (Å²) in [5.41, 5.74) is 2.62. The minimum atomic E-state index is -0.476. The van der Waals surface area contributed by atoms with Gasteiger partial charge in [-0.25, -0.2) is 9.37 Å². The van der Waals surface area contributed by atoms with Gasteiger partial charge in [-0.15, -0.1) is 0 Å². The van der Waals surface area contributed by atoms with Gasteiger partial charge in [-0.1, -0.05) is 45.7 Å². The van der Waals surface area contributed by atoms with E-state index < -0.39 is 5.82 Å². The molecule has 4 aromatic rings. The van der Waals surface area contributed by atoms with Crippen LogP contribution in [0, 0.1) is 5.82 Å². The Hall–Kier alpha value is -2.70. The molecule has 0 fully saturated rings. The number of H-pyrrole nitrogens is 2. The maximum atomic E-state index is 14.4. The molecule has 2 N–H and O–H groups in total. The largest absolute Gasteiger partial charge is 0.337 e. The van der Waals surface area contributed by atoms with Gasteiger partial charge in [0.2, 0.25) is 5.56 Å². The number of nitrogens with one attached hydrogen (secondary N) is 2. The van der Waals surface area contributed by atoms with Crippen molar-refractivity contribution in [3.8, 4) is 33.9 Å². The smallest absolute Gasteiger partial charge is 0.248 e. The van der Waals surface area contributed by atoms with Crippen molar-refractivity contribution in [2.45, 2.75) is 0 Å². The predicted octanol–water partition coefficient (Wildman–Crippen LogP) is 5.65. The van der Waals surface area contributed by atoms with Crippen LogP contribution in [0.4, 0.5) is 4.39 Å². The Labute approximate surface area is 167 Å². The van der Waals surface area contributed by atoms with Crippen molar-refractivity contribution in [3.05, 3.63) is 86.5 Å². The van der Waals surface area contributed by atoms with Crippen molar-refractivity contribution in [3.63, 3.8) is 0 Å². The first kappa shape index (κ1) is 17.7. The van der Waals surface area contributed by atoms with Gasteiger partial charge in [0, 0.05) is 27.9 Å². The van der Waals surface area contributed by atoms with E-state index in [-0.39, 0.29) is 16.1 Å². The monoisotopic (exact) mass is 443 g/mol. The minimum absolute atomic E-state index is 0.189. The molecule has 0 saturated carbocycles. The Bertz CT molecular complexity index is 1160. The van der Waals surface area contributed by atoms with Crippen LogP contribution in [0.25, 0.3) is 33.9 Å². The number of pyridine rings is 1. The molecule has 27 heavy (non-hydrogen) atoms. The van der Waals surface area contributed by atoms with Crippen LogP contribution in [0.1, 0.15) is 0 Å². The number of aromatic nitrogens is 3. The summed E-state index contributed by atoms with van der Waals surface area (Å²) in [6.45, 7) is 0. The Morgan fingerprint density at radius 3 is 2.52 bits per heavy atom. The quantitative estimate of drug-likeness (QED) is 0.429. The number of hydrogen-bond donors (Lipinski definition) is 2. The third-order valence-electron chi connectivity index (χ3n) is 4.08. The first-order valence-corrected chi connectivity index (χ1v) is 9.19. The lowest BCUT2D eigenvalue weighted by molar-refractivity contribution is 0.630. The SMILES string of the molecule is O=c1cc(-c2[nH]c(-c3c(F)cccc3Cl)nc2-c2ccc(Br)cc2)cc[nH]1. The summed E-state index contributed by atoms with van der Waals surface area (Å²) in [4.78, 5) is 22.1. The van der Waals surface area contributed by atoms with E-state index in [9.17, 15) is 9.18 Å². The topological polar surface area (TPSA) is 61.5 Å². The van der Waals surface area contributed by atoms with Gasteiger partial charge in [0.25, 0.3) is 0 Å². The second-order valence-electron chi connectivity index (χ2n) is 5.85. The third-order valence-corrected chi connectivity index (χ3v) is 4.93. The van der Waals surface area contributed by atoms with E-state index in [1.54, 1.807) is 18.3 Å². The number of rotatable bonds is 3. The van der Waals surface area contributed by atoms with Crippen molar-refractivity contribution in [1.29, 1.82) is 0 Å². The highest BCUT2D eigenvalue weighted by molar-refractivity contribution is 9.10. The molecule has 4 rings (SSSR count). The van der Waals surface area contributed by atoms with Crippen LogP contribution >= 0.6 is 27.5 Å². The fourth-order valence-corrected chi connectivity index (χ4v) is 3.36. The van der Waals surface area contributed by atoms with Gasteiger partial charge in [-0.3, -0.25) is 4.79 Å². The average molecular weight is 445 g/mol. The lowest BCUT2D eigenvalue weighted by Crippen LogP contribution is -2.02. The fourth-order valence-electron chi connectivity index (χ4n) is 2.84. The molecule has 2 aromatic heterocycles.